The van der Waals surface area contributed by atoms with Crippen molar-refractivity contribution in [2.45, 2.75) is 11.7 Å². The maximum Gasteiger partial charge on any atom is 0.169 e. The Labute approximate surface area is 103 Å². The number of nitrogens with zero attached hydrogens (tertiary/aromatic N) is 3. The van der Waals surface area contributed by atoms with Gasteiger partial charge in [-0.2, -0.15) is 0 Å². The van der Waals surface area contributed by atoms with Crippen LogP contribution in [-0.2, 0) is 6.54 Å². The lowest BCUT2D eigenvalue weighted by Gasteiger charge is -2.01. The Bertz CT molecular complexity index is 563. The molecule has 1 aromatic heterocycles. The molecule has 0 fully saturated rings. The topological polar surface area (TPSA) is 50.4 Å². The minimum atomic E-state index is 0.874. The van der Waals surface area contributed by atoms with Gasteiger partial charge in [-0.3, -0.25) is 0 Å². The van der Waals surface area contributed by atoms with Crippen LogP contribution in [0.1, 0.15) is 5.69 Å². The molecule has 0 spiro atoms. The normalized spacial score (nSPS) is 14.4. The zero-order chi connectivity index (χ0) is 11.7. The summed E-state index contributed by atoms with van der Waals surface area (Å²) < 4.78 is 2.09. The van der Waals surface area contributed by atoms with Gasteiger partial charge in [0, 0.05) is 17.9 Å². The van der Waals surface area contributed by atoms with Crippen LogP contribution in [0.2, 0.25) is 0 Å². The van der Waals surface area contributed by atoms with Crippen LogP contribution in [0.5, 0.6) is 0 Å². The Morgan fingerprint density at radius 2 is 2.18 bits per heavy atom. The summed E-state index contributed by atoms with van der Waals surface area (Å²) >= 11 is 1.73. The van der Waals surface area contributed by atoms with Gasteiger partial charge in [0.25, 0.3) is 0 Å². The Morgan fingerprint density at radius 1 is 1.35 bits per heavy atom. The number of rotatable bonds is 2. The fourth-order valence-corrected chi connectivity index (χ4v) is 2.95. The van der Waals surface area contributed by atoms with Crippen molar-refractivity contribution in [2.24, 2.45) is 5.16 Å². The Hall–Kier alpha value is -1.75. The molecular formula is C12H11N3OS. The number of fused-ring (bicyclic) bond motifs is 1. The molecule has 86 valence electrons. The van der Waals surface area contributed by atoms with Crippen LogP contribution in [0.4, 0.5) is 0 Å². The van der Waals surface area contributed by atoms with E-state index in [0.717, 1.165) is 34.4 Å². The quantitative estimate of drug-likeness (QED) is 0.502. The molecule has 17 heavy (non-hydrogen) atoms. The minimum Gasteiger partial charge on any atom is -0.411 e. The number of oxime groups is 1. The number of imidazole rings is 1. The number of thioether (sulfide) groups is 1. The first-order valence-corrected chi connectivity index (χ1v) is 6.35. The van der Waals surface area contributed by atoms with Crippen molar-refractivity contribution < 1.29 is 5.21 Å². The monoisotopic (exact) mass is 245 g/mol. The lowest BCUT2D eigenvalue weighted by molar-refractivity contribution is 0.321. The van der Waals surface area contributed by atoms with E-state index in [2.05, 4.69) is 14.7 Å². The molecule has 3 rings (SSSR count). The highest BCUT2D eigenvalue weighted by Crippen LogP contribution is 2.32. The van der Waals surface area contributed by atoms with Crippen molar-refractivity contribution in [1.82, 2.24) is 9.55 Å². The van der Waals surface area contributed by atoms with Gasteiger partial charge in [-0.25, -0.2) is 4.98 Å². The van der Waals surface area contributed by atoms with Crippen molar-refractivity contribution in [3.8, 4) is 11.3 Å². The smallest absolute Gasteiger partial charge is 0.169 e. The molecule has 0 saturated heterocycles. The van der Waals surface area contributed by atoms with Gasteiger partial charge in [0.2, 0.25) is 0 Å². The first kappa shape index (κ1) is 10.4. The zero-order valence-electron chi connectivity index (χ0n) is 9.08. The van der Waals surface area contributed by atoms with E-state index in [4.69, 9.17) is 5.21 Å². The third-order valence-corrected chi connectivity index (χ3v) is 3.70. The van der Waals surface area contributed by atoms with Crippen LogP contribution in [0.25, 0.3) is 11.3 Å². The highest BCUT2D eigenvalue weighted by molar-refractivity contribution is 7.99. The second-order valence-corrected chi connectivity index (χ2v) is 4.80. The van der Waals surface area contributed by atoms with Crippen LogP contribution >= 0.6 is 11.8 Å². The van der Waals surface area contributed by atoms with Crippen molar-refractivity contribution in [2.75, 3.05) is 5.75 Å². The zero-order valence-corrected chi connectivity index (χ0v) is 9.89. The van der Waals surface area contributed by atoms with Crippen LogP contribution in [-0.4, -0.2) is 26.7 Å². The third kappa shape index (κ3) is 1.72. The second-order valence-electron chi connectivity index (χ2n) is 3.74. The number of hydrogen-bond donors (Lipinski definition) is 1. The van der Waals surface area contributed by atoms with Crippen molar-refractivity contribution in [1.29, 1.82) is 0 Å². The lowest BCUT2D eigenvalue weighted by atomic mass is 10.1. The Balaban J connectivity index is 2.17. The molecule has 0 aliphatic carbocycles. The Morgan fingerprint density at radius 3 is 2.94 bits per heavy atom. The molecule has 1 N–H and O–H groups in total. The summed E-state index contributed by atoms with van der Waals surface area (Å²) in [5.74, 6) is 1.03. The molecule has 1 aromatic carbocycles. The molecule has 4 nitrogen and oxygen atoms in total. The van der Waals surface area contributed by atoms with E-state index >= 15 is 0 Å². The van der Waals surface area contributed by atoms with Gasteiger partial charge >= 0.3 is 0 Å². The maximum atomic E-state index is 8.76. The average Bonchev–Trinajstić information content (AvgIpc) is 2.93. The highest BCUT2D eigenvalue weighted by atomic mass is 32.2. The molecule has 0 bridgehead atoms. The van der Waals surface area contributed by atoms with Crippen molar-refractivity contribution >= 4 is 18.0 Å². The summed E-state index contributed by atoms with van der Waals surface area (Å²) in [6.45, 7) is 0.918. The summed E-state index contributed by atoms with van der Waals surface area (Å²) in [4.78, 5) is 4.60. The molecule has 5 heteroatoms. The molecule has 0 saturated carbocycles. The van der Waals surface area contributed by atoms with E-state index in [0.29, 0.717) is 0 Å². The van der Waals surface area contributed by atoms with Gasteiger partial charge in [0.15, 0.2) is 5.16 Å². The molecule has 1 aliphatic heterocycles. The van der Waals surface area contributed by atoms with E-state index < -0.39 is 0 Å². The standard InChI is InChI=1S/C12H11N3OS/c16-13-8-10-11(9-4-2-1-3-5-9)14-12-15(10)6-7-17-12/h1-5,8,16H,6-7H2/b13-8-. The summed E-state index contributed by atoms with van der Waals surface area (Å²) in [6.07, 6.45) is 1.46. The van der Waals surface area contributed by atoms with Gasteiger partial charge < -0.3 is 9.77 Å². The van der Waals surface area contributed by atoms with Gasteiger partial charge in [-0.05, 0) is 0 Å². The Kier molecular flexibility index (Phi) is 2.60. The van der Waals surface area contributed by atoms with E-state index in [9.17, 15) is 0 Å². The number of aromatic nitrogens is 2. The maximum absolute atomic E-state index is 8.76. The molecule has 0 atom stereocenters. The first-order valence-electron chi connectivity index (χ1n) is 5.36. The predicted octanol–water partition coefficient (Wildman–Crippen LogP) is 2.46. The van der Waals surface area contributed by atoms with Crippen molar-refractivity contribution in [3.63, 3.8) is 0 Å². The van der Waals surface area contributed by atoms with Crippen LogP contribution in [0, 0.1) is 0 Å². The average molecular weight is 245 g/mol. The van der Waals surface area contributed by atoms with Gasteiger partial charge in [0.1, 0.15) is 0 Å². The summed E-state index contributed by atoms with van der Waals surface area (Å²) in [6, 6.07) is 9.95. The van der Waals surface area contributed by atoms with Crippen molar-refractivity contribution in [3.05, 3.63) is 36.0 Å². The largest absolute Gasteiger partial charge is 0.411 e. The van der Waals surface area contributed by atoms with E-state index in [-0.39, 0.29) is 0 Å². The van der Waals surface area contributed by atoms with Gasteiger partial charge in [0.05, 0.1) is 17.6 Å². The SMILES string of the molecule is O/N=C\c1c(-c2ccccc2)nc2n1CCS2. The molecule has 0 radical (unpaired) electrons. The van der Waals surface area contributed by atoms with Crippen LogP contribution < -0.4 is 0 Å². The molecule has 0 unspecified atom stereocenters. The fourth-order valence-electron chi connectivity index (χ4n) is 1.99. The third-order valence-electron chi connectivity index (χ3n) is 2.75. The highest BCUT2D eigenvalue weighted by Gasteiger charge is 2.21. The summed E-state index contributed by atoms with van der Waals surface area (Å²) in [5.41, 5.74) is 2.80. The molecular weight excluding hydrogens is 234 g/mol. The molecule has 2 aromatic rings. The fraction of sp³-hybridized carbons (Fsp3) is 0.167. The van der Waals surface area contributed by atoms with Crippen LogP contribution in [0.3, 0.4) is 0 Å². The number of benzene rings is 1. The predicted molar refractivity (Wildman–Crippen MR) is 67.8 cm³/mol. The van der Waals surface area contributed by atoms with E-state index in [1.54, 1.807) is 11.8 Å². The molecule has 0 amide bonds. The number of hydrogen-bond acceptors (Lipinski definition) is 4. The van der Waals surface area contributed by atoms with Crippen LogP contribution in [0.15, 0.2) is 40.6 Å². The first-order chi connectivity index (χ1) is 8.40. The molecule has 2 heterocycles. The molecule has 1 aliphatic rings. The van der Waals surface area contributed by atoms with Gasteiger partial charge in [-0.1, -0.05) is 47.2 Å². The summed E-state index contributed by atoms with van der Waals surface area (Å²) in [5, 5.41) is 12.9. The van der Waals surface area contributed by atoms with E-state index in [1.165, 1.54) is 6.21 Å². The second kappa shape index (κ2) is 4.25. The lowest BCUT2D eigenvalue weighted by Crippen LogP contribution is -2.00. The summed E-state index contributed by atoms with van der Waals surface area (Å²) in [7, 11) is 0. The minimum absolute atomic E-state index is 0.874. The van der Waals surface area contributed by atoms with Gasteiger partial charge in [-0.15, -0.1) is 0 Å². The van der Waals surface area contributed by atoms with E-state index in [1.807, 2.05) is 30.3 Å².